The second-order valence-corrected chi connectivity index (χ2v) is 7.84. The Labute approximate surface area is 134 Å². The van der Waals surface area contributed by atoms with Crippen molar-refractivity contribution in [1.82, 2.24) is 4.72 Å². The third kappa shape index (κ3) is 3.02. The van der Waals surface area contributed by atoms with Crippen molar-refractivity contribution in [2.45, 2.75) is 22.3 Å². The molecule has 4 nitrogen and oxygen atoms in total. The summed E-state index contributed by atoms with van der Waals surface area (Å²) in [4.78, 5) is 1.24. The summed E-state index contributed by atoms with van der Waals surface area (Å²) in [5.41, 5.74) is 1.35. The molecule has 2 aromatic rings. The molecule has 112 valence electrons. The van der Waals surface area contributed by atoms with Gasteiger partial charge < -0.3 is 0 Å². The number of nitriles is 1. The first-order valence-corrected chi connectivity index (χ1v) is 9.31. The maximum atomic E-state index is 12.6. The Balaban J connectivity index is 1.91. The predicted octanol–water partition coefficient (Wildman–Crippen LogP) is 3.07. The molecule has 0 saturated carbocycles. The normalized spacial score (nSPS) is 17.5. The number of hydrogen-bond donors (Lipinski definition) is 1. The second-order valence-electron chi connectivity index (χ2n) is 4.99. The van der Waals surface area contributed by atoms with E-state index in [1.54, 1.807) is 23.9 Å². The molecular weight excluding hydrogens is 316 g/mol. The van der Waals surface area contributed by atoms with Crippen molar-refractivity contribution in [2.24, 2.45) is 0 Å². The average Bonchev–Trinajstić information content (AvgIpc) is 2.55. The maximum Gasteiger partial charge on any atom is 0.241 e. The zero-order valence-electron chi connectivity index (χ0n) is 11.7. The largest absolute Gasteiger partial charge is 0.241 e. The van der Waals surface area contributed by atoms with E-state index >= 15 is 0 Å². The van der Waals surface area contributed by atoms with Crippen molar-refractivity contribution in [3.8, 4) is 6.07 Å². The van der Waals surface area contributed by atoms with Gasteiger partial charge in [0.1, 0.15) is 0 Å². The lowest BCUT2D eigenvalue weighted by Gasteiger charge is -2.25. The van der Waals surface area contributed by atoms with Gasteiger partial charge in [-0.3, -0.25) is 0 Å². The van der Waals surface area contributed by atoms with Crippen LogP contribution < -0.4 is 4.72 Å². The molecular formula is C16H14N2O2S2. The van der Waals surface area contributed by atoms with E-state index in [9.17, 15) is 8.42 Å². The number of nitrogens with zero attached hydrogens (tertiary/aromatic N) is 1. The molecule has 0 bridgehead atoms. The fourth-order valence-electron chi connectivity index (χ4n) is 2.45. The van der Waals surface area contributed by atoms with E-state index in [1.807, 2.05) is 30.3 Å². The minimum atomic E-state index is -3.65. The fraction of sp³-hybridized carbons (Fsp3) is 0.188. The standard InChI is InChI=1S/C16H14N2O2S2/c17-11-12-4-3-5-13(10-12)22(19,20)18-15-8-9-21-16-7-2-1-6-14(15)16/h1-7,10,15,18H,8-9H2/t15-/m1/s1. The van der Waals surface area contributed by atoms with Gasteiger partial charge >= 0.3 is 0 Å². The topological polar surface area (TPSA) is 70.0 Å². The Morgan fingerprint density at radius 3 is 2.82 bits per heavy atom. The quantitative estimate of drug-likeness (QED) is 0.939. The van der Waals surface area contributed by atoms with Crippen molar-refractivity contribution >= 4 is 21.8 Å². The number of rotatable bonds is 3. The Kier molecular flexibility index (Phi) is 4.21. The number of sulfonamides is 1. The molecule has 3 rings (SSSR count). The van der Waals surface area contributed by atoms with Gasteiger partial charge in [0, 0.05) is 10.9 Å². The minimum absolute atomic E-state index is 0.127. The summed E-state index contributed by atoms with van der Waals surface area (Å²) in [6.45, 7) is 0. The first-order chi connectivity index (χ1) is 10.6. The summed E-state index contributed by atoms with van der Waals surface area (Å²) in [6, 6.07) is 15.7. The zero-order valence-corrected chi connectivity index (χ0v) is 13.3. The molecule has 1 N–H and O–H groups in total. The van der Waals surface area contributed by atoms with Gasteiger partial charge in [-0.15, -0.1) is 11.8 Å². The van der Waals surface area contributed by atoms with Crippen LogP contribution in [0.25, 0.3) is 0 Å². The summed E-state index contributed by atoms with van der Waals surface area (Å²) < 4.78 is 27.9. The third-order valence-corrected chi connectivity index (χ3v) is 6.12. The van der Waals surface area contributed by atoms with Crippen LogP contribution in [0.15, 0.2) is 58.3 Å². The minimum Gasteiger partial charge on any atom is -0.207 e. The number of hydrogen-bond acceptors (Lipinski definition) is 4. The second kappa shape index (κ2) is 6.13. The molecule has 1 heterocycles. The molecule has 0 spiro atoms. The summed E-state index contributed by atoms with van der Waals surface area (Å²) >= 11 is 1.74. The molecule has 0 fully saturated rings. The summed E-state index contributed by atoms with van der Waals surface area (Å²) in [5.74, 6) is 0.877. The van der Waals surface area contributed by atoms with E-state index in [2.05, 4.69) is 4.72 Å². The predicted molar refractivity (Wildman–Crippen MR) is 86.0 cm³/mol. The molecule has 22 heavy (non-hydrogen) atoms. The zero-order chi connectivity index (χ0) is 15.6. The fourth-order valence-corrected chi connectivity index (χ4v) is 4.87. The SMILES string of the molecule is N#Cc1cccc(S(=O)(=O)N[C@@H]2CCSc3ccccc32)c1. The summed E-state index contributed by atoms with van der Waals surface area (Å²) in [5, 5.41) is 8.91. The number of thioether (sulfide) groups is 1. The van der Waals surface area contributed by atoms with Gasteiger partial charge in [-0.1, -0.05) is 24.3 Å². The Hall–Kier alpha value is -1.81. The number of benzene rings is 2. The Morgan fingerprint density at radius 1 is 1.18 bits per heavy atom. The molecule has 0 unspecified atom stereocenters. The molecule has 1 aliphatic heterocycles. The smallest absolute Gasteiger partial charge is 0.207 e. The molecule has 1 atom stereocenters. The van der Waals surface area contributed by atoms with Gasteiger partial charge in [0.25, 0.3) is 0 Å². The molecule has 0 aromatic heterocycles. The van der Waals surface area contributed by atoms with Crippen LogP contribution in [-0.4, -0.2) is 14.2 Å². The van der Waals surface area contributed by atoms with Gasteiger partial charge in [-0.25, -0.2) is 13.1 Å². The first-order valence-electron chi connectivity index (χ1n) is 6.84. The van der Waals surface area contributed by atoms with Crippen molar-refractivity contribution in [1.29, 1.82) is 5.26 Å². The molecule has 1 aliphatic rings. The van der Waals surface area contributed by atoms with Crippen LogP contribution in [0.1, 0.15) is 23.6 Å². The third-order valence-electron chi connectivity index (χ3n) is 3.53. The Morgan fingerprint density at radius 2 is 2.00 bits per heavy atom. The van der Waals surface area contributed by atoms with Crippen molar-refractivity contribution < 1.29 is 8.42 Å². The van der Waals surface area contributed by atoms with Crippen molar-refractivity contribution in [3.63, 3.8) is 0 Å². The molecule has 0 radical (unpaired) electrons. The first kappa shape index (κ1) is 15.1. The monoisotopic (exact) mass is 330 g/mol. The van der Waals surface area contributed by atoms with E-state index in [0.717, 1.165) is 22.6 Å². The van der Waals surface area contributed by atoms with Crippen LogP contribution in [0, 0.1) is 11.3 Å². The molecule has 0 aliphatic carbocycles. The van der Waals surface area contributed by atoms with Crippen molar-refractivity contribution in [2.75, 3.05) is 5.75 Å². The number of nitrogens with one attached hydrogen (secondary N) is 1. The molecule has 6 heteroatoms. The molecule has 2 aromatic carbocycles. The van der Waals surface area contributed by atoms with Gasteiger partial charge in [0.15, 0.2) is 0 Å². The lowest BCUT2D eigenvalue weighted by molar-refractivity contribution is 0.546. The average molecular weight is 330 g/mol. The van der Waals surface area contributed by atoms with Crippen LogP contribution in [0.2, 0.25) is 0 Å². The lowest BCUT2D eigenvalue weighted by atomic mass is 10.1. The number of fused-ring (bicyclic) bond motifs is 1. The van der Waals surface area contributed by atoms with Crippen LogP contribution in [-0.2, 0) is 10.0 Å². The van der Waals surface area contributed by atoms with E-state index in [0.29, 0.717) is 5.56 Å². The van der Waals surface area contributed by atoms with Gasteiger partial charge in [-0.05, 0) is 42.0 Å². The highest BCUT2D eigenvalue weighted by Gasteiger charge is 2.26. The molecule has 0 saturated heterocycles. The Bertz CT molecular complexity index is 841. The van der Waals surface area contributed by atoms with E-state index in [4.69, 9.17) is 5.26 Å². The lowest BCUT2D eigenvalue weighted by Crippen LogP contribution is -2.30. The summed E-state index contributed by atoms with van der Waals surface area (Å²) in [7, 11) is -3.65. The van der Waals surface area contributed by atoms with E-state index in [-0.39, 0.29) is 10.9 Å². The van der Waals surface area contributed by atoms with Crippen LogP contribution >= 0.6 is 11.8 Å². The van der Waals surface area contributed by atoms with E-state index < -0.39 is 10.0 Å². The highest BCUT2D eigenvalue weighted by atomic mass is 32.2. The van der Waals surface area contributed by atoms with Gasteiger partial charge in [0.05, 0.1) is 16.5 Å². The van der Waals surface area contributed by atoms with Crippen LogP contribution in [0.4, 0.5) is 0 Å². The van der Waals surface area contributed by atoms with E-state index in [1.165, 1.54) is 12.1 Å². The molecule has 0 amide bonds. The van der Waals surface area contributed by atoms with Crippen LogP contribution in [0.5, 0.6) is 0 Å². The summed E-state index contributed by atoms with van der Waals surface area (Å²) in [6.07, 6.45) is 0.749. The highest BCUT2D eigenvalue weighted by Crippen LogP contribution is 2.36. The highest BCUT2D eigenvalue weighted by molar-refractivity contribution is 7.99. The van der Waals surface area contributed by atoms with Crippen molar-refractivity contribution in [3.05, 3.63) is 59.7 Å². The van der Waals surface area contributed by atoms with Crippen LogP contribution in [0.3, 0.4) is 0 Å². The van der Waals surface area contributed by atoms with Gasteiger partial charge in [0.2, 0.25) is 10.0 Å². The maximum absolute atomic E-state index is 12.6. The van der Waals surface area contributed by atoms with Gasteiger partial charge in [-0.2, -0.15) is 5.26 Å².